The summed E-state index contributed by atoms with van der Waals surface area (Å²) in [7, 11) is 1.56. The Bertz CT molecular complexity index is 1030. The number of pyridine rings is 1. The molecule has 1 aromatic heterocycles. The molecule has 0 amide bonds. The second-order valence-corrected chi connectivity index (χ2v) is 7.35. The van der Waals surface area contributed by atoms with E-state index in [9.17, 15) is 14.7 Å². The van der Waals surface area contributed by atoms with Crippen molar-refractivity contribution in [2.45, 2.75) is 18.9 Å². The van der Waals surface area contributed by atoms with Crippen LogP contribution in [0.25, 0.3) is 10.9 Å². The van der Waals surface area contributed by atoms with Crippen LogP contribution in [0, 0.1) is 0 Å². The van der Waals surface area contributed by atoms with E-state index in [1.165, 1.54) is 6.20 Å². The van der Waals surface area contributed by atoms with E-state index in [-0.39, 0.29) is 11.6 Å². The van der Waals surface area contributed by atoms with E-state index in [2.05, 4.69) is 4.90 Å². The number of carbonyl (C=O) groups is 1. The molecular formula is C19H20ClN3O4. The molecule has 142 valence electrons. The molecule has 1 aliphatic heterocycles. The van der Waals surface area contributed by atoms with Gasteiger partial charge >= 0.3 is 5.97 Å². The summed E-state index contributed by atoms with van der Waals surface area (Å²) < 4.78 is 7.57. The van der Waals surface area contributed by atoms with E-state index in [1.54, 1.807) is 19.2 Å². The van der Waals surface area contributed by atoms with Crippen LogP contribution in [0.1, 0.15) is 29.2 Å². The number of carboxylic acid groups (broad SMARTS) is 1. The Morgan fingerprint density at radius 2 is 2.07 bits per heavy atom. The van der Waals surface area contributed by atoms with Crippen LogP contribution in [0.4, 0.5) is 5.69 Å². The Kier molecular flexibility index (Phi) is 4.36. The first-order valence-electron chi connectivity index (χ1n) is 8.76. The summed E-state index contributed by atoms with van der Waals surface area (Å²) in [5.41, 5.74) is 7.47. The van der Waals surface area contributed by atoms with Gasteiger partial charge in [-0.3, -0.25) is 4.79 Å². The lowest BCUT2D eigenvalue weighted by atomic mass is 10.0. The van der Waals surface area contributed by atoms with Crippen LogP contribution in [0.3, 0.4) is 0 Å². The first-order valence-corrected chi connectivity index (χ1v) is 9.14. The molecule has 2 aliphatic rings. The standard InChI is InChI=1S/C19H20ClN3O4/c1-27-18-15(22-7-10(8-22)14(20)6-21)5-4-12-16(18)23(11-2-3-11)9-13(17(12)24)19(25)26/h4-5,9,11H,2-3,6-8,21H2,1H3,(H,25,26). The molecule has 0 unspecified atom stereocenters. The van der Waals surface area contributed by atoms with Crippen LogP contribution in [-0.2, 0) is 0 Å². The van der Waals surface area contributed by atoms with Crippen LogP contribution in [0.15, 0.2) is 33.7 Å². The van der Waals surface area contributed by atoms with Gasteiger partial charge in [-0.25, -0.2) is 4.79 Å². The fraction of sp³-hybridized carbons (Fsp3) is 0.368. The summed E-state index contributed by atoms with van der Waals surface area (Å²) in [4.78, 5) is 26.3. The number of ether oxygens (including phenoxy) is 1. The lowest BCUT2D eigenvalue weighted by Gasteiger charge is -2.38. The van der Waals surface area contributed by atoms with Crippen molar-refractivity contribution in [1.29, 1.82) is 0 Å². The minimum atomic E-state index is -1.21. The monoisotopic (exact) mass is 389 g/mol. The zero-order valence-corrected chi connectivity index (χ0v) is 15.6. The van der Waals surface area contributed by atoms with Crippen LogP contribution in [-0.4, -0.2) is 42.4 Å². The number of nitrogens with zero attached hydrogens (tertiary/aromatic N) is 2. The first-order chi connectivity index (χ1) is 13.0. The van der Waals surface area contributed by atoms with E-state index in [0.717, 1.165) is 24.1 Å². The van der Waals surface area contributed by atoms with Gasteiger partial charge in [0.15, 0.2) is 5.75 Å². The Labute approximate surface area is 160 Å². The number of hydrogen-bond donors (Lipinski definition) is 2. The minimum absolute atomic E-state index is 0.189. The molecule has 1 aromatic carbocycles. The van der Waals surface area contributed by atoms with Crippen molar-refractivity contribution in [2.75, 3.05) is 31.6 Å². The summed E-state index contributed by atoms with van der Waals surface area (Å²) in [6, 6.07) is 3.68. The van der Waals surface area contributed by atoms with Gasteiger partial charge in [0.1, 0.15) is 5.56 Å². The highest BCUT2D eigenvalue weighted by atomic mass is 35.5. The molecule has 3 N–H and O–H groups in total. The molecule has 0 radical (unpaired) electrons. The number of nitrogens with two attached hydrogens (primary N) is 1. The smallest absolute Gasteiger partial charge is 0.341 e. The van der Waals surface area contributed by atoms with Gasteiger partial charge in [0.2, 0.25) is 5.43 Å². The van der Waals surface area contributed by atoms with Crippen LogP contribution >= 0.6 is 11.6 Å². The second-order valence-electron chi connectivity index (χ2n) is 6.90. The van der Waals surface area contributed by atoms with Crippen molar-refractivity contribution in [3.63, 3.8) is 0 Å². The number of hydrogen-bond acceptors (Lipinski definition) is 5. The van der Waals surface area contributed by atoms with Crippen molar-refractivity contribution in [3.8, 4) is 5.75 Å². The number of carboxylic acids is 1. The molecule has 0 spiro atoms. The van der Waals surface area contributed by atoms with E-state index < -0.39 is 11.4 Å². The maximum absolute atomic E-state index is 12.7. The Morgan fingerprint density at radius 3 is 2.63 bits per heavy atom. The zero-order valence-electron chi connectivity index (χ0n) is 14.9. The largest absolute Gasteiger partial charge is 0.492 e. The molecule has 4 rings (SSSR count). The number of benzene rings is 1. The van der Waals surface area contributed by atoms with E-state index >= 15 is 0 Å². The number of methoxy groups -OCH3 is 1. The number of anilines is 1. The molecule has 1 saturated carbocycles. The fourth-order valence-electron chi connectivity index (χ4n) is 3.55. The molecule has 0 atom stereocenters. The molecule has 1 saturated heterocycles. The van der Waals surface area contributed by atoms with Gasteiger partial charge < -0.3 is 25.0 Å². The van der Waals surface area contributed by atoms with E-state index in [4.69, 9.17) is 22.1 Å². The number of halogens is 1. The molecule has 2 fully saturated rings. The molecule has 2 heterocycles. The highest BCUT2D eigenvalue weighted by Gasteiger charge is 2.31. The average Bonchev–Trinajstić information content (AvgIpc) is 3.45. The molecule has 1 aliphatic carbocycles. The lowest BCUT2D eigenvalue weighted by Crippen LogP contribution is -2.41. The highest BCUT2D eigenvalue weighted by molar-refractivity contribution is 6.30. The summed E-state index contributed by atoms with van der Waals surface area (Å²) in [6.07, 6.45) is 3.35. The molecular weight excluding hydrogens is 370 g/mol. The third kappa shape index (κ3) is 2.87. The van der Waals surface area contributed by atoms with Crippen LogP contribution < -0.4 is 20.8 Å². The van der Waals surface area contributed by atoms with Gasteiger partial charge in [-0.05, 0) is 30.5 Å². The van der Waals surface area contributed by atoms with Gasteiger partial charge in [0.25, 0.3) is 0 Å². The molecule has 27 heavy (non-hydrogen) atoms. The highest BCUT2D eigenvalue weighted by Crippen LogP contribution is 2.43. The Morgan fingerprint density at radius 1 is 1.37 bits per heavy atom. The molecule has 2 aromatic rings. The average molecular weight is 390 g/mol. The van der Waals surface area contributed by atoms with Crippen molar-refractivity contribution in [1.82, 2.24) is 4.57 Å². The third-order valence-electron chi connectivity index (χ3n) is 5.17. The fourth-order valence-corrected chi connectivity index (χ4v) is 3.67. The van der Waals surface area contributed by atoms with E-state index in [0.29, 0.717) is 41.3 Å². The van der Waals surface area contributed by atoms with Gasteiger partial charge in [-0.15, -0.1) is 0 Å². The van der Waals surface area contributed by atoms with Gasteiger partial charge in [-0.1, -0.05) is 11.6 Å². The maximum atomic E-state index is 12.7. The summed E-state index contributed by atoms with van der Waals surface area (Å²) >= 11 is 6.13. The molecule has 7 nitrogen and oxygen atoms in total. The maximum Gasteiger partial charge on any atom is 0.341 e. The SMILES string of the molecule is COc1c(N2CC(=C(Cl)CN)C2)ccc2c(=O)c(C(=O)O)cn(C3CC3)c12. The number of rotatable bonds is 5. The second kappa shape index (κ2) is 6.58. The number of aromatic carboxylic acids is 1. The Hall–Kier alpha value is -2.51. The topological polar surface area (TPSA) is 97.8 Å². The first kappa shape index (κ1) is 17.9. The number of aromatic nitrogens is 1. The summed E-state index contributed by atoms with van der Waals surface area (Å²) in [6.45, 7) is 1.62. The van der Waals surface area contributed by atoms with Gasteiger partial charge in [0, 0.05) is 36.9 Å². The summed E-state index contributed by atoms with van der Waals surface area (Å²) in [5.74, 6) is -0.635. The quantitative estimate of drug-likeness (QED) is 0.814. The van der Waals surface area contributed by atoms with Crippen molar-refractivity contribution < 1.29 is 14.6 Å². The molecule has 0 bridgehead atoms. The normalized spacial score (nSPS) is 16.4. The van der Waals surface area contributed by atoms with Crippen LogP contribution in [0.5, 0.6) is 5.75 Å². The lowest BCUT2D eigenvalue weighted by molar-refractivity contribution is 0.0695. The predicted octanol–water partition coefficient (Wildman–Crippen LogP) is 2.31. The van der Waals surface area contributed by atoms with Crippen molar-refractivity contribution in [3.05, 3.63) is 44.7 Å². The number of fused-ring (bicyclic) bond motifs is 1. The Balaban J connectivity index is 1.89. The predicted molar refractivity (Wildman–Crippen MR) is 104 cm³/mol. The van der Waals surface area contributed by atoms with Crippen molar-refractivity contribution >= 4 is 34.2 Å². The van der Waals surface area contributed by atoms with E-state index in [1.807, 2.05) is 4.57 Å². The molecule has 8 heteroatoms. The third-order valence-corrected chi connectivity index (χ3v) is 5.59. The summed E-state index contributed by atoms with van der Waals surface area (Å²) in [5, 5.41) is 10.4. The van der Waals surface area contributed by atoms with Crippen molar-refractivity contribution in [2.24, 2.45) is 5.73 Å². The van der Waals surface area contributed by atoms with Gasteiger partial charge in [-0.2, -0.15) is 0 Å². The minimum Gasteiger partial charge on any atom is -0.492 e. The van der Waals surface area contributed by atoms with Crippen LogP contribution in [0.2, 0.25) is 0 Å². The van der Waals surface area contributed by atoms with Gasteiger partial charge in [0.05, 0.1) is 23.7 Å². The zero-order chi connectivity index (χ0) is 19.3.